The number of rotatable bonds is 11. The SMILES string of the molecule is CC(C)CN(CC(N)=O)C(=O)CC1CN(Cc2ccccc2)C(=O)C(C)N1CCc1ccccc1. The lowest BCUT2D eigenvalue weighted by molar-refractivity contribution is -0.148. The summed E-state index contributed by atoms with van der Waals surface area (Å²) >= 11 is 0. The van der Waals surface area contributed by atoms with Gasteiger partial charge in [0.05, 0.1) is 12.6 Å². The fourth-order valence-corrected chi connectivity index (χ4v) is 4.79. The zero-order valence-corrected chi connectivity index (χ0v) is 21.1. The Hall–Kier alpha value is -3.19. The molecular weight excluding hydrogens is 440 g/mol. The third kappa shape index (κ3) is 7.65. The molecule has 0 aromatic heterocycles. The van der Waals surface area contributed by atoms with E-state index in [9.17, 15) is 14.4 Å². The number of hydrogen-bond acceptors (Lipinski definition) is 4. The van der Waals surface area contributed by atoms with Crippen LogP contribution in [0.4, 0.5) is 0 Å². The van der Waals surface area contributed by atoms with Crippen molar-refractivity contribution in [2.24, 2.45) is 11.7 Å². The van der Waals surface area contributed by atoms with E-state index < -0.39 is 5.91 Å². The molecule has 1 aliphatic rings. The highest BCUT2D eigenvalue weighted by molar-refractivity contribution is 5.85. The van der Waals surface area contributed by atoms with Crippen molar-refractivity contribution in [1.82, 2.24) is 14.7 Å². The summed E-state index contributed by atoms with van der Waals surface area (Å²) in [7, 11) is 0. The molecule has 3 amide bonds. The molecule has 2 N–H and O–H groups in total. The topological polar surface area (TPSA) is 87.0 Å². The average Bonchev–Trinajstić information content (AvgIpc) is 2.82. The Morgan fingerprint density at radius 2 is 1.63 bits per heavy atom. The molecule has 35 heavy (non-hydrogen) atoms. The maximum absolute atomic E-state index is 13.3. The van der Waals surface area contributed by atoms with Gasteiger partial charge >= 0.3 is 0 Å². The molecule has 1 heterocycles. The quantitative estimate of drug-likeness (QED) is 0.538. The van der Waals surface area contributed by atoms with Crippen LogP contribution in [0.15, 0.2) is 60.7 Å². The number of benzene rings is 2. The molecule has 7 heteroatoms. The zero-order chi connectivity index (χ0) is 25.4. The van der Waals surface area contributed by atoms with Crippen LogP contribution < -0.4 is 5.73 Å². The molecule has 2 aromatic carbocycles. The molecule has 0 spiro atoms. The van der Waals surface area contributed by atoms with Gasteiger partial charge in [0.1, 0.15) is 0 Å². The molecular formula is C28H38N4O3. The number of amides is 3. The number of hydrogen-bond donors (Lipinski definition) is 1. The summed E-state index contributed by atoms with van der Waals surface area (Å²) in [5, 5.41) is 0. The number of nitrogens with two attached hydrogens (primary N) is 1. The Balaban J connectivity index is 1.80. The first kappa shape index (κ1) is 26.4. The summed E-state index contributed by atoms with van der Waals surface area (Å²) in [6, 6.07) is 19.6. The predicted molar refractivity (Wildman–Crippen MR) is 137 cm³/mol. The number of carbonyl (C=O) groups excluding carboxylic acids is 3. The van der Waals surface area contributed by atoms with Gasteiger partial charge in [-0.3, -0.25) is 19.3 Å². The van der Waals surface area contributed by atoms with Gasteiger partial charge in [-0.15, -0.1) is 0 Å². The van der Waals surface area contributed by atoms with Gasteiger partial charge in [-0.05, 0) is 30.4 Å². The molecule has 3 rings (SSSR count). The summed E-state index contributed by atoms with van der Waals surface area (Å²) in [4.78, 5) is 43.9. The highest BCUT2D eigenvalue weighted by atomic mass is 16.2. The fraction of sp³-hybridized carbons (Fsp3) is 0.464. The molecule has 1 aliphatic heterocycles. The Labute approximate surface area is 208 Å². The second kappa shape index (κ2) is 12.5. The second-order valence-electron chi connectivity index (χ2n) is 9.85. The predicted octanol–water partition coefficient (Wildman–Crippen LogP) is 2.69. The van der Waals surface area contributed by atoms with Gasteiger partial charge in [0.15, 0.2) is 0 Å². The van der Waals surface area contributed by atoms with E-state index in [0.717, 1.165) is 12.0 Å². The lowest BCUT2D eigenvalue weighted by Gasteiger charge is -2.45. The standard InChI is InChI=1S/C28H38N4O3/c1-21(2)17-30(20-26(29)33)27(34)16-25-19-31(18-24-12-8-5-9-13-24)28(35)22(3)32(25)15-14-23-10-6-4-7-11-23/h4-13,21-22,25H,14-20H2,1-3H3,(H2,29,33). The summed E-state index contributed by atoms with van der Waals surface area (Å²) in [6.45, 7) is 7.98. The lowest BCUT2D eigenvalue weighted by atomic mass is 10.00. The number of nitrogens with zero attached hydrogens (tertiary/aromatic N) is 3. The molecule has 0 radical (unpaired) electrons. The van der Waals surface area contributed by atoms with Crippen molar-refractivity contribution in [3.63, 3.8) is 0 Å². The Kier molecular flexibility index (Phi) is 9.43. The minimum Gasteiger partial charge on any atom is -0.368 e. The molecule has 0 saturated carbocycles. The third-order valence-corrected chi connectivity index (χ3v) is 6.48. The van der Waals surface area contributed by atoms with Crippen LogP contribution >= 0.6 is 0 Å². The van der Waals surface area contributed by atoms with E-state index in [1.807, 2.05) is 74.2 Å². The molecule has 0 aliphatic carbocycles. The van der Waals surface area contributed by atoms with Crippen molar-refractivity contribution < 1.29 is 14.4 Å². The molecule has 188 valence electrons. The Morgan fingerprint density at radius 1 is 1.03 bits per heavy atom. The summed E-state index contributed by atoms with van der Waals surface area (Å²) in [5.74, 6) is -0.332. The molecule has 0 bridgehead atoms. The van der Waals surface area contributed by atoms with Crippen molar-refractivity contribution in [3.8, 4) is 0 Å². The van der Waals surface area contributed by atoms with Gasteiger partial charge in [0.25, 0.3) is 0 Å². The van der Waals surface area contributed by atoms with Crippen molar-refractivity contribution in [2.45, 2.75) is 52.2 Å². The van der Waals surface area contributed by atoms with E-state index in [1.165, 1.54) is 5.56 Å². The van der Waals surface area contributed by atoms with E-state index in [-0.39, 0.29) is 42.8 Å². The fourth-order valence-electron chi connectivity index (χ4n) is 4.79. The minimum absolute atomic E-state index is 0.0711. The maximum Gasteiger partial charge on any atom is 0.240 e. The largest absolute Gasteiger partial charge is 0.368 e. The van der Waals surface area contributed by atoms with Gasteiger partial charge in [-0.1, -0.05) is 74.5 Å². The highest BCUT2D eigenvalue weighted by Crippen LogP contribution is 2.23. The molecule has 2 atom stereocenters. The van der Waals surface area contributed by atoms with E-state index in [0.29, 0.717) is 26.2 Å². The maximum atomic E-state index is 13.3. The normalized spacial score (nSPS) is 18.6. The van der Waals surface area contributed by atoms with Gasteiger partial charge in [0, 0.05) is 38.6 Å². The lowest BCUT2D eigenvalue weighted by Crippen LogP contribution is -2.61. The van der Waals surface area contributed by atoms with Gasteiger partial charge in [0.2, 0.25) is 17.7 Å². The van der Waals surface area contributed by atoms with Crippen LogP contribution in [-0.2, 0) is 27.3 Å². The first-order valence-electron chi connectivity index (χ1n) is 12.4. The summed E-state index contributed by atoms with van der Waals surface area (Å²) < 4.78 is 0. The van der Waals surface area contributed by atoms with Crippen LogP contribution in [-0.4, -0.2) is 70.7 Å². The minimum atomic E-state index is -0.516. The first-order chi connectivity index (χ1) is 16.7. The zero-order valence-electron chi connectivity index (χ0n) is 21.1. The van der Waals surface area contributed by atoms with Crippen LogP contribution in [0.25, 0.3) is 0 Å². The van der Waals surface area contributed by atoms with Gasteiger partial charge < -0.3 is 15.5 Å². The van der Waals surface area contributed by atoms with Crippen LogP contribution in [0.5, 0.6) is 0 Å². The Bertz CT molecular complexity index is 980. The monoisotopic (exact) mass is 478 g/mol. The second-order valence-corrected chi connectivity index (χ2v) is 9.85. The smallest absolute Gasteiger partial charge is 0.240 e. The van der Waals surface area contributed by atoms with Crippen LogP contribution in [0.1, 0.15) is 38.3 Å². The first-order valence-corrected chi connectivity index (χ1v) is 12.4. The van der Waals surface area contributed by atoms with E-state index in [2.05, 4.69) is 17.0 Å². The summed E-state index contributed by atoms with van der Waals surface area (Å²) in [6.07, 6.45) is 1.02. The number of carbonyl (C=O) groups is 3. The van der Waals surface area contributed by atoms with E-state index in [4.69, 9.17) is 5.73 Å². The van der Waals surface area contributed by atoms with Crippen molar-refractivity contribution in [2.75, 3.05) is 26.2 Å². The summed E-state index contributed by atoms with van der Waals surface area (Å²) in [5.41, 5.74) is 7.69. The number of piperazine rings is 1. The van der Waals surface area contributed by atoms with Crippen molar-refractivity contribution >= 4 is 17.7 Å². The molecule has 7 nitrogen and oxygen atoms in total. The highest BCUT2D eigenvalue weighted by Gasteiger charge is 2.39. The van der Waals surface area contributed by atoms with Crippen LogP contribution in [0.3, 0.4) is 0 Å². The number of primary amides is 1. The molecule has 1 saturated heterocycles. The van der Waals surface area contributed by atoms with Crippen LogP contribution in [0, 0.1) is 5.92 Å². The Morgan fingerprint density at radius 3 is 2.20 bits per heavy atom. The van der Waals surface area contributed by atoms with Gasteiger partial charge in [-0.2, -0.15) is 0 Å². The van der Waals surface area contributed by atoms with Crippen LogP contribution in [0.2, 0.25) is 0 Å². The van der Waals surface area contributed by atoms with E-state index >= 15 is 0 Å². The van der Waals surface area contributed by atoms with Gasteiger partial charge in [-0.25, -0.2) is 0 Å². The van der Waals surface area contributed by atoms with Crippen molar-refractivity contribution in [3.05, 3.63) is 71.8 Å². The molecule has 2 unspecified atom stereocenters. The third-order valence-electron chi connectivity index (χ3n) is 6.48. The van der Waals surface area contributed by atoms with E-state index in [1.54, 1.807) is 4.90 Å². The molecule has 1 fully saturated rings. The van der Waals surface area contributed by atoms with Crippen molar-refractivity contribution in [1.29, 1.82) is 0 Å². The average molecular weight is 479 g/mol. The molecule has 2 aromatic rings.